The highest BCUT2D eigenvalue weighted by Crippen LogP contribution is 2.28. The summed E-state index contributed by atoms with van der Waals surface area (Å²) in [5.41, 5.74) is 0.648. The third kappa shape index (κ3) is 3.23. The van der Waals surface area contributed by atoms with Crippen LogP contribution in [0.4, 0.5) is 8.78 Å². The van der Waals surface area contributed by atoms with E-state index in [-0.39, 0.29) is 17.0 Å². The van der Waals surface area contributed by atoms with E-state index in [0.29, 0.717) is 37.5 Å². The fraction of sp³-hybridized carbons (Fsp3) is 0.278. The molecule has 0 aromatic heterocycles. The van der Waals surface area contributed by atoms with Gasteiger partial charge in [-0.25, -0.2) is 8.78 Å². The first-order valence-electron chi connectivity index (χ1n) is 7.73. The van der Waals surface area contributed by atoms with Crippen molar-refractivity contribution >= 4 is 5.91 Å². The number of piperazine rings is 1. The van der Waals surface area contributed by atoms with Crippen LogP contribution in [0.25, 0.3) is 11.1 Å². The van der Waals surface area contributed by atoms with Gasteiger partial charge in [0.1, 0.15) is 17.4 Å². The van der Waals surface area contributed by atoms with Gasteiger partial charge in [0.15, 0.2) is 0 Å². The first-order valence-corrected chi connectivity index (χ1v) is 7.73. The van der Waals surface area contributed by atoms with Gasteiger partial charge < -0.3 is 15.0 Å². The number of hydrogen-bond donors (Lipinski definition) is 1. The van der Waals surface area contributed by atoms with Crippen LogP contribution in [0, 0.1) is 11.6 Å². The second-order valence-corrected chi connectivity index (χ2v) is 5.58. The number of methoxy groups -OCH3 is 1. The molecule has 3 rings (SSSR count). The summed E-state index contributed by atoms with van der Waals surface area (Å²) in [4.78, 5) is 14.0. The molecule has 0 unspecified atom stereocenters. The first-order chi connectivity index (χ1) is 11.6. The number of benzene rings is 2. The minimum Gasteiger partial charge on any atom is -0.497 e. The van der Waals surface area contributed by atoms with Gasteiger partial charge in [0.05, 0.1) is 12.7 Å². The van der Waals surface area contributed by atoms with Crippen molar-refractivity contribution in [3.63, 3.8) is 0 Å². The molecule has 0 radical (unpaired) electrons. The van der Waals surface area contributed by atoms with E-state index in [4.69, 9.17) is 4.74 Å². The number of halogens is 2. The number of hydrogen-bond acceptors (Lipinski definition) is 3. The molecule has 0 spiro atoms. The topological polar surface area (TPSA) is 41.6 Å². The minimum absolute atomic E-state index is 0.00886. The Morgan fingerprint density at radius 2 is 1.83 bits per heavy atom. The molecule has 126 valence electrons. The van der Waals surface area contributed by atoms with Crippen LogP contribution in [0.15, 0.2) is 36.4 Å². The third-order valence-electron chi connectivity index (χ3n) is 4.09. The van der Waals surface area contributed by atoms with Crippen molar-refractivity contribution in [1.29, 1.82) is 0 Å². The van der Waals surface area contributed by atoms with Crippen LogP contribution < -0.4 is 10.1 Å². The maximum atomic E-state index is 14.4. The molecule has 1 heterocycles. The summed E-state index contributed by atoms with van der Waals surface area (Å²) in [5.74, 6) is -1.10. The Morgan fingerprint density at radius 3 is 2.46 bits per heavy atom. The van der Waals surface area contributed by atoms with Crippen LogP contribution in [0.5, 0.6) is 5.75 Å². The van der Waals surface area contributed by atoms with Crippen LogP contribution in [0.3, 0.4) is 0 Å². The number of nitrogens with one attached hydrogen (secondary N) is 1. The predicted octanol–water partition coefficient (Wildman–Crippen LogP) is 2.69. The smallest absolute Gasteiger partial charge is 0.256 e. The normalized spacial score (nSPS) is 14.5. The minimum atomic E-state index is -0.647. The molecule has 24 heavy (non-hydrogen) atoms. The molecular formula is C18H18F2N2O2. The van der Waals surface area contributed by atoms with Crippen LogP contribution >= 0.6 is 0 Å². The SMILES string of the molecule is COc1ccc(-c2ccc(C(=O)N3CCNCC3)c(F)c2)c(F)c1. The van der Waals surface area contributed by atoms with Gasteiger partial charge in [0, 0.05) is 37.8 Å². The zero-order chi connectivity index (χ0) is 17.1. The van der Waals surface area contributed by atoms with Gasteiger partial charge in [-0.1, -0.05) is 6.07 Å². The number of nitrogens with zero attached hydrogens (tertiary/aromatic N) is 1. The molecule has 1 aliphatic heterocycles. The maximum absolute atomic E-state index is 14.4. The van der Waals surface area contributed by atoms with Gasteiger partial charge >= 0.3 is 0 Å². The van der Waals surface area contributed by atoms with Gasteiger partial charge in [0.25, 0.3) is 5.91 Å². The van der Waals surface area contributed by atoms with Crippen molar-refractivity contribution in [2.45, 2.75) is 0 Å². The molecule has 0 saturated carbocycles. The van der Waals surface area contributed by atoms with Crippen molar-refractivity contribution < 1.29 is 18.3 Å². The summed E-state index contributed by atoms with van der Waals surface area (Å²) >= 11 is 0. The average Bonchev–Trinajstić information content (AvgIpc) is 2.61. The van der Waals surface area contributed by atoms with Crippen LogP contribution in [-0.4, -0.2) is 44.1 Å². The molecule has 1 fully saturated rings. The highest BCUT2D eigenvalue weighted by Gasteiger charge is 2.21. The first kappa shape index (κ1) is 16.4. The number of carbonyl (C=O) groups is 1. The summed E-state index contributed by atoms with van der Waals surface area (Å²) in [6.45, 7) is 2.49. The fourth-order valence-electron chi connectivity index (χ4n) is 2.75. The molecule has 6 heteroatoms. The Labute approximate surface area is 139 Å². The summed E-state index contributed by atoms with van der Waals surface area (Å²) < 4.78 is 33.5. The van der Waals surface area contributed by atoms with E-state index in [1.807, 2.05) is 0 Å². The zero-order valence-corrected chi connectivity index (χ0v) is 13.3. The zero-order valence-electron chi connectivity index (χ0n) is 13.3. The number of carbonyl (C=O) groups excluding carboxylic acids is 1. The monoisotopic (exact) mass is 332 g/mol. The van der Waals surface area contributed by atoms with E-state index in [9.17, 15) is 13.6 Å². The molecule has 2 aromatic carbocycles. The Hall–Kier alpha value is -2.47. The van der Waals surface area contributed by atoms with Crippen molar-refractivity contribution in [1.82, 2.24) is 10.2 Å². The molecule has 1 amide bonds. The summed E-state index contributed by atoms with van der Waals surface area (Å²) in [6, 6.07) is 8.55. The lowest BCUT2D eigenvalue weighted by Gasteiger charge is -2.27. The largest absolute Gasteiger partial charge is 0.497 e. The van der Waals surface area contributed by atoms with E-state index >= 15 is 0 Å². The lowest BCUT2D eigenvalue weighted by atomic mass is 10.0. The Kier molecular flexibility index (Phi) is 4.76. The highest BCUT2D eigenvalue weighted by molar-refractivity contribution is 5.95. The Balaban J connectivity index is 1.88. The number of amides is 1. The second kappa shape index (κ2) is 6.97. The van der Waals surface area contributed by atoms with Crippen molar-refractivity contribution in [3.8, 4) is 16.9 Å². The maximum Gasteiger partial charge on any atom is 0.256 e. The molecule has 0 bridgehead atoms. The van der Waals surface area contributed by atoms with Crippen molar-refractivity contribution in [2.75, 3.05) is 33.3 Å². The molecule has 1 saturated heterocycles. The number of ether oxygens (including phenoxy) is 1. The van der Waals surface area contributed by atoms with Crippen LogP contribution in [0.2, 0.25) is 0 Å². The molecule has 2 aromatic rings. The van der Waals surface area contributed by atoms with Crippen molar-refractivity contribution in [3.05, 3.63) is 53.6 Å². The van der Waals surface area contributed by atoms with Gasteiger partial charge in [-0.05, 0) is 29.8 Å². The average molecular weight is 332 g/mol. The van der Waals surface area contributed by atoms with Crippen LogP contribution in [-0.2, 0) is 0 Å². The summed E-state index contributed by atoms with van der Waals surface area (Å²) in [6.07, 6.45) is 0. The molecule has 0 atom stereocenters. The van der Waals surface area contributed by atoms with Gasteiger partial charge in [-0.3, -0.25) is 4.79 Å². The molecular weight excluding hydrogens is 314 g/mol. The second-order valence-electron chi connectivity index (χ2n) is 5.58. The molecule has 1 N–H and O–H groups in total. The summed E-state index contributed by atoms with van der Waals surface area (Å²) in [5, 5.41) is 3.14. The van der Waals surface area contributed by atoms with Gasteiger partial charge in [0.2, 0.25) is 0 Å². The van der Waals surface area contributed by atoms with E-state index < -0.39 is 11.6 Å². The molecule has 0 aliphatic carbocycles. The lowest BCUT2D eigenvalue weighted by molar-refractivity contribution is 0.0731. The third-order valence-corrected chi connectivity index (χ3v) is 4.09. The van der Waals surface area contributed by atoms with Crippen molar-refractivity contribution in [2.24, 2.45) is 0 Å². The lowest BCUT2D eigenvalue weighted by Crippen LogP contribution is -2.46. The van der Waals surface area contributed by atoms with E-state index in [1.54, 1.807) is 17.0 Å². The van der Waals surface area contributed by atoms with Gasteiger partial charge in [-0.2, -0.15) is 0 Å². The van der Waals surface area contributed by atoms with E-state index in [1.165, 1.54) is 31.4 Å². The molecule has 1 aliphatic rings. The van der Waals surface area contributed by atoms with Crippen LogP contribution in [0.1, 0.15) is 10.4 Å². The Bertz CT molecular complexity index is 759. The van der Waals surface area contributed by atoms with E-state index in [0.717, 1.165) is 0 Å². The Morgan fingerprint density at radius 1 is 1.08 bits per heavy atom. The standard InChI is InChI=1S/C18H18F2N2O2/c1-24-13-3-5-14(17(20)11-13)12-2-4-15(16(19)10-12)18(23)22-8-6-21-7-9-22/h2-5,10-11,21H,6-9H2,1H3. The van der Waals surface area contributed by atoms with E-state index in [2.05, 4.69) is 5.32 Å². The number of rotatable bonds is 3. The quantitative estimate of drug-likeness (QED) is 0.940. The summed E-state index contributed by atoms with van der Waals surface area (Å²) in [7, 11) is 1.45. The van der Waals surface area contributed by atoms with Gasteiger partial charge in [-0.15, -0.1) is 0 Å². The molecule has 4 nitrogen and oxygen atoms in total. The fourth-order valence-corrected chi connectivity index (χ4v) is 2.75. The highest BCUT2D eigenvalue weighted by atomic mass is 19.1. The predicted molar refractivity (Wildman–Crippen MR) is 87.1 cm³/mol.